The van der Waals surface area contributed by atoms with E-state index < -0.39 is 0 Å². The highest BCUT2D eigenvalue weighted by molar-refractivity contribution is 5.79. The average molecular weight is 360 g/mol. The molecule has 3 aromatic heterocycles. The lowest BCUT2D eigenvalue weighted by Gasteiger charge is -2.16. The Bertz CT molecular complexity index is 1110. The summed E-state index contributed by atoms with van der Waals surface area (Å²) in [4.78, 5) is 9.05. The molecule has 0 bridgehead atoms. The normalized spacial score (nSPS) is 19.7. The second kappa shape index (κ2) is 6.59. The summed E-state index contributed by atoms with van der Waals surface area (Å²) in [5, 5.41) is 23.0. The number of fused-ring (bicyclic) bond motifs is 2. The van der Waals surface area contributed by atoms with Crippen LogP contribution in [0.2, 0.25) is 0 Å². The van der Waals surface area contributed by atoms with Gasteiger partial charge in [-0.2, -0.15) is 0 Å². The molecule has 1 aromatic carbocycles. The first-order chi connectivity index (χ1) is 13.3. The molecule has 2 atom stereocenters. The maximum Gasteiger partial charge on any atom is 0.180 e. The van der Waals surface area contributed by atoms with Crippen LogP contribution in [0.1, 0.15) is 24.8 Å². The van der Waals surface area contributed by atoms with Crippen LogP contribution in [-0.4, -0.2) is 42.2 Å². The monoisotopic (exact) mass is 360 g/mol. The lowest BCUT2D eigenvalue weighted by Crippen LogP contribution is -2.28. The highest BCUT2D eigenvalue weighted by Gasteiger charge is 2.25. The largest absolute Gasteiger partial charge is 0.391 e. The number of hydrogen-bond acceptors (Lipinski definition) is 6. The number of rotatable bonds is 4. The van der Waals surface area contributed by atoms with Crippen molar-refractivity contribution < 1.29 is 5.11 Å². The number of aliphatic hydroxyl groups excluding tert-OH is 1. The minimum Gasteiger partial charge on any atom is -0.391 e. The first-order valence-electron chi connectivity index (χ1n) is 9.25. The molecule has 0 unspecified atom stereocenters. The Morgan fingerprint density at radius 3 is 2.93 bits per heavy atom. The molecule has 1 aliphatic rings. The number of benzene rings is 1. The van der Waals surface area contributed by atoms with Crippen LogP contribution in [0.25, 0.3) is 22.1 Å². The SMILES string of the molecule is O[C@@H]1CCC[C@H]1Nc1ccc2nnn(Cc3ccc4ncccc4c3)c2n1. The molecule has 4 aromatic rings. The van der Waals surface area contributed by atoms with Crippen LogP contribution >= 0.6 is 0 Å². The second-order valence-corrected chi connectivity index (χ2v) is 7.07. The van der Waals surface area contributed by atoms with Gasteiger partial charge in [-0.1, -0.05) is 17.3 Å². The molecule has 27 heavy (non-hydrogen) atoms. The molecular formula is C20H20N6O. The van der Waals surface area contributed by atoms with E-state index in [1.807, 2.05) is 28.9 Å². The summed E-state index contributed by atoms with van der Waals surface area (Å²) in [5.41, 5.74) is 3.59. The van der Waals surface area contributed by atoms with Crippen molar-refractivity contribution in [3.05, 3.63) is 54.2 Å². The topological polar surface area (TPSA) is 88.8 Å². The van der Waals surface area contributed by atoms with Gasteiger partial charge in [0.1, 0.15) is 11.3 Å². The Balaban J connectivity index is 1.44. The molecule has 2 N–H and O–H groups in total. The van der Waals surface area contributed by atoms with Crippen LogP contribution in [-0.2, 0) is 6.54 Å². The van der Waals surface area contributed by atoms with Gasteiger partial charge in [0.05, 0.1) is 24.2 Å². The molecule has 5 rings (SSSR count). The summed E-state index contributed by atoms with van der Waals surface area (Å²) in [5.74, 6) is 0.750. The summed E-state index contributed by atoms with van der Waals surface area (Å²) in [6.45, 7) is 0.587. The van der Waals surface area contributed by atoms with Crippen molar-refractivity contribution in [2.24, 2.45) is 0 Å². The molecule has 0 saturated heterocycles. The number of nitrogens with one attached hydrogen (secondary N) is 1. The van der Waals surface area contributed by atoms with Gasteiger partial charge < -0.3 is 10.4 Å². The second-order valence-electron chi connectivity index (χ2n) is 7.07. The maximum atomic E-state index is 10.0. The van der Waals surface area contributed by atoms with Crippen molar-refractivity contribution in [2.45, 2.75) is 38.0 Å². The molecule has 1 fully saturated rings. The highest BCUT2D eigenvalue weighted by Crippen LogP contribution is 2.23. The number of nitrogens with zero attached hydrogens (tertiary/aromatic N) is 5. The van der Waals surface area contributed by atoms with Crippen molar-refractivity contribution in [3.63, 3.8) is 0 Å². The minimum atomic E-state index is -0.309. The molecule has 136 valence electrons. The van der Waals surface area contributed by atoms with Gasteiger partial charge in [0.25, 0.3) is 0 Å². The zero-order valence-electron chi connectivity index (χ0n) is 14.8. The molecule has 0 spiro atoms. The summed E-state index contributed by atoms with van der Waals surface area (Å²) in [6.07, 6.45) is 4.33. The van der Waals surface area contributed by atoms with Gasteiger partial charge in [-0.3, -0.25) is 4.98 Å². The molecule has 0 radical (unpaired) electrons. The Labute approximate surface area is 156 Å². The summed E-state index contributed by atoms with van der Waals surface area (Å²) in [6, 6.07) is 14.1. The van der Waals surface area contributed by atoms with Crippen molar-refractivity contribution in [1.29, 1.82) is 0 Å². The lowest BCUT2D eigenvalue weighted by molar-refractivity contribution is 0.171. The van der Waals surface area contributed by atoms with Crippen LogP contribution in [0.4, 0.5) is 5.82 Å². The summed E-state index contributed by atoms with van der Waals surface area (Å²) in [7, 11) is 0. The third kappa shape index (κ3) is 3.10. The van der Waals surface area contributed by atoms with Gasteiger partial charge >= 0.3 is 0 Å². The average Bonchev–Trinajstić information content (AvgIpc) is 3.28. The lowest BCUT2D eigenvalue weighted by atomic mass is 10.1. The quantitative estimate of drug-likeness (QED) is 0.582. The zero-order chi connectivity index (χ0) is 18.2. The fourth-order valence-corrected chi connectivity index (χ4v) is 3.74. The van der Waals surface area contributed by atoms with Gasteiger partial charge in [0, 0.05) is 11.6 Å². The van der Waals surface area contributed by atoms with E-state index in [0.717, 1.165) is 52.7 Å². The van der Waals surface area contributed by atoms with Gasteiger partial charge in [-0.25, -0.2) is 9.67 Å². The van der Waals surface area contributed by atoms with E-state index in [0.29, 0.717) is 6.54 Å². The Morgan fingerprint density at radius 2 is 2.04 bits per heavy atom. The van der Waals surface area contributed by atoms with Crippen molar-refractivity contribution in [3.8, 4) is 0 Å². The van der Waals surface area contributed by atoms with Crippen molar-refractivity contribution in [2.75, 3.05) is 5.32 Å². The number of aliphatic hydroxyl groups is 1. The smallest absolute Gasteiger partial charge is 0.180 e. The van der Waals surface area contributed by atoms with Gasteiger partial charge in [-0.15, -0.1) is 5.10 Å². The first kappa shape index (κ1) is 16.1. The van der Waals surface area contributed by atoms with E-state index in [2.05, 4.69) is 38.8 Å². The number of pyridine rings is 2. The van der Waals surface area contributed by atoms with E-state index in [1.54, 1.807) is 6.20 Å². The predicted octanol–water partition coefficient (Wildman–Crippen LogP) is 2.75. The van der Waals surface area contributed by atoms with E-state index in [1.165, 1.54) is 0 Å². The number of hydrogen-bond donors (Lipinski definition) is 2. The number of anilines is 1. The predicted molar refractivity (Wildman–Crippen MR) is 103 cm³/mol. The Hall–Kier alpha value is -3.06. The Kier molecular flexibility index (Phi) is 3.94. The molecule has 1 aliphatic carbocycles. The minimum absolute atomic E-state index is 0.0623. The van der Waals surface area contributed by atoms with E-state index >= 15 is 0 Å². The van der Waals surface area contributed by atoms with Crippen LogP contribution in [0.5, 0.6) is 0 Å². The van der Waals surface area contributed by atoms with Crippen molar-refractivity contribution >= 4 is 27.9 Å². The molecule has 0 aliphatic heterocycles. The maximum absolute atomic E-state index is 10.0. The fourth-order valence-electron chi connectivity index (χ4n) is 3.74. The third-order valence-electron chi connectivity index (χ3n) is 5.17. The van der Waals surface area contributed by atoms with Gasteiger partial charge in [0.2, 0.25) is 0 Å². The van der Waals surface area contributed by atoms with Crippen LogP contribution < -0.4 is 5.32 Å². The van der Waals surface area contributed by atoms with Crippen LogP contribution in [0.15, 0.2) is 48.7 Å². The first-order valence-corrected chi connectivity index (χ1v) is 9.25. The number of aromatic nitrogens is 5. The fraction of sp³-hybridized carbons (Fsp3) is 0.300. The van der Waals surface area contributed by atoms with Crippen LogP contribution in [0, 0.1) is 0 Å². The highest BCUT2D eigenvalue weighted by atomic mass is 16.3. The molecule has 0 amide bonds. The third-order valence-corrected chi connectivity index (χ3v) is 5.17. The molecule has 7 heteroatoms. The van der Waals surface area contributed by atoms with E-state index in [-0.39, 0.29) is 12.1 Å². The summed E-state index contributed by atoms with van der Waals surface area (Å²) >= 11 is 0. The molecule has 1 saturated carbocycles. The van der Waals surface area contributed by atoms with E-state index in [9.17, 15) is 5.11 Å². The van der Waals surface area contributed by atoms with Gasteiger partial charge in [-0.05, 0) is 55.2 Å². The van der Waals surface area contributed by atoms with E-state index in [4.69, 9.17) is 4.98 Å². The summed E-state index contributed by atoms with van der Waals surface area (Å²) < 4.78 is 1.81. The molecule has 3 heterocycles. The molecular weight excluding hydrogens is 340 g/mol. The standard InChI is InChI=1S/C20H20N6O/c27-18-5-1-4-16(18)22-19-9-8-17-20(23-19)26(25-24-17)12-13-6-7-15-14(11-13)3-2-10-21-15/h2-3,6-11,16,18,27H,1,4-5,12H2,(H,22,23)/t16-,18-/m1/s1. The van der Waals surface area contributed by atoms with Gasteiger partial charge in [0.15, 0.2) is 5.65 Å². The zero-order valence-corrected chi connectivity index (χ0v) is 14.8. The molecule has 7 nitrogen and oxygen atoms in total. The van der Waals surface area contributed by atoms with Crippen molar-refractivity contribution in [1.82, 2.24) is 25.0 Å². The Morgan fingerprint density at radius 1 is 1.11 bits per heavy atom. The van der Waals surface area contributed by atoms with Crippen LogP contribution in [0.3, 0.4) is 0 Å².